The van der Waals surface area contributed by atoms with Crippen LogP contribution in [0.2, 0.25) is 19.6 Å². The van der Waals surface area contributed by atoms with Crippen molar-refractivity contribution in [1.82, 2.24) is 0 Å². The molecule has 0 fully saturated rings. The van der Waals surface area contributed by atoms with Crippen molar-refractivity contribution in [2.24, 2.45) is 0 Å². The topological polar surface area (TPSA) is 17.1 Å². The van der Waals surface area contributed by atoms with E-state index in [2.05, 4.69) is 44.1 Å². The van der Waals surface area contributed by atoms with Gasteiger partial charge in [-0.1, -0.05) is 51.4 Å². The molecule has 0 atom stereocenters. The molecule has 1 nitrogen and oxygen atoms in total. The van der Waals surface area contributed by atoms with Crippen molar-refractivity contribution >= 4 is 13.9 Å². The summed E-state index contributed by atoms with van der Waals surface area (Å²) in [6, 6.07) is 0. The Balaban J connectivity index is 4.51. The maximum absolute atomic E-state index is 11.2. The van der Waals surface area contributed by atoms with E-state index in [4.69, 9.17) is 0 Å². The van der Waals surface area contributed by atoms with Gasteiger partial charge in [0.25, 0.3) is 0 Å². The standard InChI is InChI=1S/C15H26OSi/c1-6-7-8-9-10-15(13-14(2)16)11-12-17(3,4)5/h10H,6-9,13H2,1-5H3/b15-10+. The van der Waals surface area contributed by atoms with Crippen molar-refractivity contribution in [1.29, 1.82) is 0 Å². The first-order chi connectivity index (χ1) is 7.85. The molecule has 96 valence electrons. The summed E-state index contributed by atoms with van der Waals surface area (Å²) in [5, 5.41) is 0. The molecule has 0 bridgehead atoms. The number of allylic oxidation sites excluding steroid dienone is 2. The summed E-state index contributed by atoms with van der Waals surface area (Å²) >= 11 is 0. The van der Waals surface area contributed by atoms with Gasteiger partial charge in [-0.3, -0.25) is 4.79 Å². The molecule has 0 aromatic rings. The number of carbonyl (C=O) groups excluding carboxylic acids is 1. The molecule has 0 rings (SSSR count). The van der Waals surface area contributed by atoms with Crippen molar-refractivity contribution < 1.29 is 4.79 Å². The van der Waals surface area contributed by atoms with E-state index in [0.717, 1.165) is 12.0 Å². The maximum Gasteiger partial charge on any atom is 0.134 e. The van der Waals surface area contributed by atoms with Gasteiger partial charge in [-0.2, -0.15) is 0 Å². The monoisotopic (exact) mass is 250 g/mol. The second kappa shape index (κ2) is 8.30. The molecule has 0 heterocycles. The zero-order valence-corrected chi connectivity index (χ0v) is 13.0. The van der Waals surface area contributed by atoms with Gasteiger partial charge in [-0.15, -0.1) is 5.54 Å². The number of hydrogen-bond acceptors (Lipinski definition) is 1. The summed E-state index contributed by atoms with van der Waals surface area (Å²) in [7, 11) is -1.34. The largest absolute Gasteiger partial charge is 0.300 e. The lowest BCUT2D eigenvalue weighted by molar-refractivity contribution is -0.116. The van der Waals surface area contributed by atoms with Gasteiger partial charge in [-0.05, 0) is 19.8 Å². The highest BCUT2D eigenvalue weighted by Gasteiger charge is 2.08. The minimum absolute atomic E-state index is 0.205. The van der Waals surface area contributed by atoms with Crippen molar-refractivity contribution in [3.05, 3.63) is 11.6 Å². The molecule has 0 aliphatic carbocycles. The Morgan fingerprint density at radius 3 is 2.35 bits per heavy atom. The average Bonchev–Trinajstić information content (AvgIpc) is 2.18. The van der Waals surface area contributed by atoms with Gasteiger partial charge in [0, 0.05) is 12.0 Å². The van der Waals surface area contributed by atoms with Gasteiger partial charge in [0.05, 0.1) is 0 Å². The Bertz CT molecular complexity index is 323. The fourth-order valence-corrected chi connectivity index (χ4v) is 1.91. The molecule has 2 heteroatoms. The number of ketones is 1. The molecule has 0 amide bonds. The molecule has 0 unspecified atom stereocenters. The Labute approximate surface area is 108 Å². The van der Waals surface area contributed by atoms with E-state index in [1.165, 1.54) is 19.3 Å². The molecular weight excluding hydrogens is 224 g/mol. The van der Waals surface area contributed by atoms with Gasteiger partial charge in [0.1, 0.15) is 13.9 Å². The van der Waals surface area contributed by atoms with Crippen molar-refractivity contribution in [2.75, 3.05) is 0 Å². The summed E-state index contributed by atoms with van der Waals surface area (Å²) in [5.41, 5.74) is 4.36. The van der Waals surface area contributed by atoms with Crippen LogP contribution >= 0.6 is 0 Å². The van der Waals surface area contributed by atoms with E-state index in [9.17, 15) is 4.79 Å². The smallest absolute Gasteiger partial charge is 0.134 e. The van der Waals surface area contributed by atoms with Crippen molar-refractivity contribution in [3.63, 3.8) is 0 Å². The summed E-state index contributed by atoms with van der Waals surface area (Å²) in [4.78, 5) is 11.2. The van der Waals surface area contributed by atoms with Gasteiger partial charge in [0.15, 0.2) is 0 Å². The number of hydrogen-bond donors (Lipinski definition) is 0. The Hall–Kier alpha value is -0.813. The number of carbonyl (C=O) groups is 1. The van der Waals surface area contributed by atoms with E-state index >= 15 is 0 Å². The molecule has 0 aromatic carbocycles. The van der Waals surface area contributed by atoms with Crippen LogP contribution in [0.4, 0.5) is 0 Å². The first kappa shape index (κ1) is 16.2. The lowest BCUT2D eigenvalue weighted by Crippen LogP contribution is -2.16. The summed E-state index contributed by atoms with van der Waals surface area (Å²) in [5.74, 6) is 3.43. The minimum Gasteiger partial charge on any atom is -0.300 e. The van der Waals surface area contributed by atoms with E-state index < -0.39 is 8.07 Å². The highest BCUT2D eigenvalue weighted by Crippen LogP contribution is 2.08. The fraction of sp³-hybridized carbons (Fsp3) is 0.667. The predicted octanol–water partition coefficient (Wildman–Crippen LogP) is 4.35. The fourth-order valence-electron chi connectivity index (χ4n) is 1.37. The summed E-state index contributed by atoms with van der Waals surface area (Å²) < 4.78 is 0. The van der Waals surface area contributed by atoms with Crippen LogP contribution in [0, 0.1) is 11.5 Å². The lowest BCUT2D eigenvalue weighted by atomic mass is 10.1. The first-order valence-electron chi connectivity index (χ1n) is 6.57. The van der Waals surface area contributed by atoms with Crippen molar-refractivity contribution in [2.45, 2.75) is 65.6 Å². The van der Waals surface area contributed by atoms with Crippen LogP contribution < -0.4 is 0 Å². The van der Waals surface area contributed by atoms with E-state index in [1.54, 1.807) is 6.92 Å². The van der Waals surface area contributed by atoms with Gasteiger partial charge in [0.2, 0.25) is 0 Å². The van der Waals surface area contributed by atoms with E-state index in [0.29, 0.717) is 6.42 Å². The van der Waals surface area contributed by atoms with Crippen LogP contribution in [-0.2, 0) is 4.79 Å². The molecule has 0 aliphatic heterocycles. The second-order valence-corrected chi connectivity index (χ2v) is 10.4. The van der Waals surface area contributed by atoms with Crippen LogP contribution in [0.1, 0.15) is 46.0 Å². The molecule has 0 radical (unpaired) electrons. The van der Waals surface area contributed by atoms with Gasteiger partial charge in [-0.25, -0.2) is 0 Å². The lowest BCUT2D eigenvalue weighted by Gasteiger charge is -2.04. The Kier molecular flexibility index (Phi) is 7.91. The molecule has 0 aromatic heterocycles. The number of Topliss-reactive ketones (excluding diaryl/α,β-unsaturated/α-hetero) is 1. The van der Waals surface area contributed by atoms with Gasteiger partial charge < -0.3 is 0 Å². The first-order valence-corrected chi connectivity index (χ1v) is 10.1. The molecule has 0 N–H and O–H groups in total. The van der Waals surface area contributed by atoms with Crippen LogP contribution in [0.3, 0.4) is 0 Å². The molecule has 17 heavy (non-hydrogen) atoms. The molecular formula is C15H26OSi. The maximum atomic E-state index is 11.2. The quantitative estimate of drug-likeness (QED) is 0.389. The highest BCUT2D eigenvalue weighted by molar-refractivity contribution is 6.83. The third-order valence-corrected chi connectivity index (χ3v) is 3.11. The van der Waals surface area contributed by atoms with Crippen LogP contribution in [0.5, 0.6) is 0 Å². The second-order valence-electron chi connectivity index (χ2n) is 5.60. The third kappa shape index (κ3) is 11.5. The molecule has 0 saturated carbocycles. The number of rotatable bonds is 6. The number of unbranched alkanes of at least 4 members (excludes halogenated alkanes) is 3. The summed E-state index contributed by atoms with van der Waals surface area (Å²) in [6.45, 7) is 10.5. The average molecular weight is 250 g/mol. The Morgan fingerprint density at radius 1 is 1.24 bits per heavy atom. The van der Waals surface area contributed by atoms with E-state index in [-0.39, 0.29) is 5.78 Å². The van der Waals surface area contributed by atoms with Crippen LogP contribution in [0.15, 0.2) is 11.6 Å². The van der Waals surface area contributed by atoms with Crippen LogP contribution in [0.25, 0.3) is 0 Å². The van der Waals surface area contributed by atoms with E-state index in [1.807, 2.05) is 0 Å². The zero-order valence-electron chi connectivity index (χ0n) is 12.0. The minimum atomic E-state index is -1.34. The highest BCUT2D eigenvalue weighted by atomic mass is 28.3. The molecule has 0 aliphatic rings. The SMILES string of the molecule is CCCCC/C=C(\C#C[Si](C)(C)C)CC(C)=O. The Morgan fingerprint density at radius 2 is 1.88 bits per heavy atom. The zero-order chi connectivity index (χ0) is 13.3. The van der Waals surface area contributed by atoms with Crippen molar-refractivity contribution in [3.8, 4) is 11.5 Å². The molecule has 0 saturated heterocycles. The third-order valence-electron chi connectivity index (χ3n) is 2.24. The molecule has 0 spiro atoms. The summed E-state index contributed by atoms with van der Waals surface area (Å²) in [6.07, 6.45) is 7.40. The normalized spacial score (nSPS) is 11.9. The van der Waals surface area contributed by atoms with Gasteiger partial charge >= 0.3 is 0 Å². The predicted molar refractivity (Wildman–Crippen MR) is 78.6 cm³/mol. The van der Waals surface area contributed by atoms with Crippen LogP contribution in [-0.4, -0.2) is 13.9 Å².